The third-order valence-corrected chi connectivity index (χ3v) is 4.78. The Balaban J connectivity index is 1.34. The van der Waals surface area contributed by atoms with Crippen molar-refractivity contribution in [1.29, 1.82) is 0 Å². The van der Waals surface area contributed by atoms with Crippen LogP contribution in [0.1, 0.15) is 24.3 Å². The molecule has 1 aliphatic rings. The summed E-state index contributed by atoms with van der Waals surface area (Å²) in [5.74, 6) is 1.35. The quantitative estimate of drug-likeness (QED) is 0.749. The number of benzene rings is 1. The van der Waals surface area contributed by atoms with Crippen LogP contribution in [0.25, 0.3) is 11.4 Å². The van der Waals surface area contributed by atoms with E-state index in [0.29, 0.717) is 17.7 Å². The molecule has 0 bridgehead atoms. The van der Waals surface area contributed by atoms with Crippen LogP contribution in [0, 0.1) is 5.92 Å². The third kappa shape index (κ3) is 3.39. The van der Waals surface area contributed by atoms with Crippen LogP contribution in [0.15, 0.2) is 48.8 Å². The third-order valence-electron chi connectivity index (χ3n) is 4.53. The van der Waals surface area contributed by atoms with Gasteiger partial charge in [-0.2, -0.15) is 0 Å². The molecular formula is C18H16ClN5O. The van der Waals surface area contributed by atoms with Gasteiger partial charge in [-0.05, 0) is 48.6 Å². The number of hydrogen-bond acceptors (Lipinski definition) is 4. The number of hydrogen-bond donors (Lipinski definition) is 2. The highest BCUT2D eigenvalue weighted by Crippen LogP contribution is 2.42. The van der Waals surface area contributed by atoms with Crippen LogP contribution >= 0.6 is 11.6 Å². The van der Waals surface area contributed by atoms with Crippen molar-refractivity contribution in [2.45, 2.75) is 18.8 Å². The zero-order valence-electron chi connectivity index (χ0n) is 13.3. The number of anilines is 1. The van der Waals surface area contributed by atoms with Crippen molar-refractivity contribution >= 4 is 23.5 Å². The number of carbonyl (C=O) groups is 1. The fourth-order valence-corrected chi connectivity index (χ4v) is 3.14. The molecule has 1 aromatic carbocycles. The van der Waals surface area contributed by atoms with Crippen LogP contribution in [-0.4, -0.2) is 26.1 Å². The number of aromatic amines is 1. The number of halogens is 1. The molecule has 1 aliphatic carbocycles. The van der Waals surface area contributed by atoms with Crippen LogP contribution in [0.4, 0.5) is 5.95 Å². The van der Waals surface area contributed by atoms with E-state index in [2.05, 4.69) is 25.5 Å². The van der Waals surface area contributed by atoms with Gasteiger partial charge in [-0.25, -0.2) is 0 Å². The average molecular weight is 354 g/mol. The number of rotatable bonds is 4. The number of nitrogens with zero attached hydrogens (tertiary/aromatic N) is 3. The van der Waals surface area contributed by atoms with Gasteiger partial charge < -0.3 is 4.98 Å². The second kappa shape index (κ2) is 6.64. The van der Waals surface area contributed by atoms with E-state index in [0.717, 1.165) is 23.4 Å². The average Bonchev–Trinajstić information content (AvgIpc) is 3.04. The number of aromatic nitrogens is 4. The lowest BCUT2D eigenvalue weighted by Crippen LogP contribution is -2.33. The standard InChI is InChI=1S/C18H16ClN5O/c19-15-3-1-11(2-4-15)13-9-14(10-13)17(25)22-18-21-16(23-24-18)12-5-7-20-8-6-12/h1-8,13-14H,9-10H2,(H2,21,22,23,24,25)/t13-,14+. The lowest BCUT2D eigenvalue weighted by atomic mass is 9.71. The first-order valence-electron chi connectivity index (χ1n) is 8.08. The van der Waals surface area contributed by atoms with Gasteiger partial charge in [0.15, 0.2) is 5.82 Å². The van der Waals surface area contributed by atoms with Gasteiger partial charge in [0, 0.05) is 28.9 Å². The summed E-state index contributed by atoms with van der Waals surface area (Å²) in [6, 6.07) is 11.5. The largest absolute Gasteiger partial charge is 0.307 e. The van der Waals surface area contributed by atoms with Crippen LogP contribution in [0.5, 0.6) is 0 Å². The van der Waals surface area contributed by atoms with E-state index < -0.39 is 0 Å². The van der Waals surface area contributed by atoms with Crippen molar-refractivity contribution in [2.75, 3.05) is 5.32 Å². The molecule has 0 spiro atoms. The van der Waals surface area contributed by atoms with Crippen molar-refractivity contribution in [1.82, 2.24) is 20.2 Å². The summed E-state index contributed by atoms with van der Waals surface area (Å²) >= 11 is 5.91. The zero-order valence-corrected chi connectivity index (χ0v) is 14.1. The fraction of sp³-hybridized carbons (Fsp3) is 0.222. The molecule has 0 saturated heterocycles. The summed E-state index contributed by atoms with van der Waals surface area (Å²) < 4.78 is 0. The molecule has 1 saturated carbocycles. The Hall–Kier alpha value is -2.73. The molecule has 1 fully saturated rings. The van der Waals surface area contributed by atoms with Gasteiger partial charge in [0.25, 0.3) is 0 Å². The highest BCUT2D eigenvalue weighted by Gasteiger charge is 2.35. The highest BCUT2D eigenvalue weighted by molar-refractivity contribution is 6.30. The lowest BCUT2D eigenvalue weighted by molar-refractivity contribution is -0.122. The Labute approximate surface area is 149 Å². The van der Waals surface area contributed by atoms with Crippen molar-refractivity contribution in [3.63, 3.8) is 0 Å². The van der Waals surface area contributed by atoms with Gasteiger partial charge in [-0.15, -0.1) is 10.2 Å². The van der Waals surface area contributed by atoms with Gasteiger partial charge >= 0.3 is 0 Å². The van der Waals surface area contributed by atoms with Gasteiger partial charge in [0.2, 0.25) is 11.9 Å². The predicted octanol–water partition coefficient (Wildman–Crippen LogP) is 3.65. The Kier molecular flexibility index (Phi) is 4.19. The monoisotopic (exact) mass is 353 g/mol. The first-order chi connectivity index (χ1) is 12.2. The number of H-pyrrole nitrogens is 1. The van der Waals surface area contributed by atoms with Crippen molar-refractivity contribution in [3.05, 3.63) is 59.4 Å². The van der Waals surface area contributed by atoms with E-state index in [-0.39, 0.29) is 11.8 Å². The normalized spacial score (nSPS) is 19.2. The highest BCUT2D eigenvalue weighted by atomic mass is 35.5. The Morgan fingerprint density at radius 1 is 1.08 bits per heavy atom. The minimum atomic E-state index is -0.0253. The Morgan fingerprint density at radius 2 is 1.80 bits per heavy atom. The maximum Gasteiger partial charge on any atom is 0.229 e. The fourth-order valence-electron chi connectivity index (χ4n) is 3.02. The topological polar surface area (TPSA) is 83.6 Å². The van der Waals surface area contributed by atoms with Gasteiger partial charge in [0.1, 0.15) is 0 Å². The maximum atomic E-state index is 12.3. The molecule has 0 aliphatic heterocycles. The molecule has 0 unspecified atom stereocenters. The first-order valence-corrected chi connectivity index (χ1v) is 8.46. The molecule has 1 amide bonds. The number of pyridine rings is 1. The lowest BCUT2D eigenvalue weighted by Gasteiger charge is -2.34. The molecule has 25 heavy (non-hydrogen) atoms. The second-order valence-electron chi connectivity index (χ2n) is 6.16. The van der Waals surface area contributed by atoms with Gasteiger partial charge in [-0.1, -0.05) is 23.7 Å². The molecule has 0 radical (unpaired) electrons. The summed E-state index contributed by atoms with van der Waals surface area (Å²) in [5, 5.41) is 11.6. The molecule has 2 N–H and O–H groups in total. The molecule has 2 heterocycles. The molecule has 3 aromatic rings. The Morgan fingerprint density at radius 3 is 2.52 bits per heavy atom. The van der Waals surface area contributed by atoms with Gasteiger partial charge in [-0.3, -0.25) is 15.1 Å². The van der Waals surface area contributed by atoms with Crippen LogP contribution in [0.2, 0.25) is 5.02 Å². The van der Waals surface area contributed by atoms with Crippen LogP contribution in [0.3, 0.4) is 0 Å². The minimum absolute atomic E-state index is 0.00449. The molecule has 126 valence electrons. The van der Waals surface area contributed by atoms with E-state index >= 15 is 0 Å². The predicted molar refractivity (Wildman–Crippen MR) is 95.2 cm³/mol. The summed E-state index contributed by atoms with van der Waals surface area (Å²) in [5.41, 5.74) is 2.10. The number of amides is 1. The molecule has 2 aromatic heterocycles. The first kappa shape index (κ1) is 15.8. The van der Waals surface area contributed by atoms with Crippen LogP contribution in [-0.2, 0) is 4.79 Å². The van der Waals surface area contributed by atoms with Gasteiger partial charge in [0.05, 0.1) is 0 Å². The molecular weight excluding hydrogens is 338 g/mol. The van der Waals surface area contributed by atoms with E-state index in [1.165, 1.54) is 5.56 Å². The van der Waals surface area contributed by atoms with Crippen molar-refractivity contribution in [3.8, 4) is 11.4 Å². The van der Waals surface area contributed by atoms with E-state index in [1.54, 1.807) is 12.4 Å². The minimum Gasteiger partial charge on any atom is -0.307 e. The number of nitrogens with one attached hydrogen (secondary N) is 2. The summed E-state index contributed by atoms with van der Waals surface area (Å²) in [4.78, 5) is 19.3. The van der Waals surface area contributed by atoms with E-state index in [9.17, 15) is 4.79 Å². The van der Waals surface area contributed by atoms with Crippen molar-refractivity contribution < 1.29 is 4.79 Å². The van der Waals surface area contributed by atoms with Crippen LogP contribution < -0.4 is 5.32 Å². The molecule has 6 nitrogen and oxygen atoms in total. The molecule has 4 rings (SSSR count). The summed E-state index contributed by atoms with van der Waals surface area (Å²) in [6.45, 7) is 0. The smallest absolute Gasteiger partial charge is 0.229 e. The Bertz CT molecular complexity index is 872. The SMILES string of the molecule is O=C(Nc1nnc(-c2ccncc2)[nH]1)[C@H]1C[C@@H](c2ccc(Cl)cc2)C1. The summed E-state index contributed by atoms with van der Waals surface area (Å²) in [6.07, 6.45) is 5.03. The van der Waals surface area contributed by atoms with E-state index in [4.69, 9.17) is 11.6 Å². The summed E-state index contributed by atoms with van der Waals surface area (Å²) in [7, 11) is 0. The zero-order chi connectivity index (χ0) is 17.2. The molecule has 7 heteroatoms. The number of carbonyl (C=O) groups excluding carboxylic acids is 1. The van der Waals surface area contributed by atoms with Crippen molar-refractivity contribution in [2.24, 2.45) is 5.92 Å². The molecule has 0 atom stereocenters. The maximum absolute atomic E-state index is 12.3. The second-order valence-corrected chi connectivity index (χ2v) is 6.60. The van der Waals surface area contributed by atoms with E-state index in [1.807, 2.05) is 36.4 Å².